The Labute approximate surface area is 101 Å². The predicted molar refractivity (Wildman–Crippen MR) is 70.2 cm³/mol. The van der Waals surface area contributed by atoms with E-state index in [0.717, 1.165) is 16.9 Å². The molecule has 0 aliphatic carbocycles. The lowest BCUT2D eigenvalue weighted by Gasteiger charge is -2.24. The van der Waals surface area contributed by atoms with Gasteiger partial charge in [0.05, 0.1) is 13.2 Å². The summed E-state index contributed by atoms with van der Waals surface area (Å²) < 4.78 is 0. The molecule has 0 fully saturated rings. The molecule has 0 saturated carbocycles. The average molecular weight is 237 g/mol. The first kappa shape index (κ1) is 13.4. The van der Waals surface area contributed by atoms with Gasteiger partial charge in [-0.15, -0.1) is 0 Å². The largest absolute Gasteiger partial charge is 0.399 e. The third-order valence-corrected chi connectivity index (χ3v) is 2.67. The molecule has 1 rings (SSSR count). The SMILES string of the molecule is Cc1cc(N(CCO)CCCN=O)ccc1N. The number of aliphatic hydroxyl groups is 1. The van der Waals surface area contributed by atoms with E-state index in [4.69, 9.17) is 10.8 Å². The van der Waals surface area contributed by atoms with Gasteiger partial charge in [-0.25, -0.2) is 0 Å². The van der Waals surface area contributed by atoms with Crippen LogP contribution in [0.5, 0.6) is 0 Å². The minimum absolute atomic E-state index is 0.0813. The Morgan fingerprint density at radius 3 is 2.76 bits per heavy atom. The molecule has 94 valence electrons. The van der Waals surface area contributed by atoms with Crippen LogP contribution in [0, 0.1) is 11.8 Å². The molecule has 0 heterocycles. The van der Waals surface area contributed by atoms with E-state index < -0.39 is 0 Å². The Bertz CT molecular complexity index is 369. The monoisotopic (exact) mass is 237 g/mol. The zero-order chi connectivity index (χ0) is 12.7. The second kappa shape index (κ2) is 6.85. The summed E-state index contributed by atoms with van der Waals surface area (Å²) in [6.07, 6.45) is 0.687. The maximum atomic E-state index is 10.0. The highest BCUT2D eigenvalue weighted by Crippen LogP contribution is 2.20. The number of nitrogens with two attached hydrogens (primary N) is 1. The third-order valence-electron chi connectivity index (χ3n) is 2.67. The number of anilines is 2. The van der Waals surface area contributed by atoms with E-state index >= 15 is 0 Å². The fourth-order valence-electron chi connectivity index (χ4n) is 1.67. The Morgan fingerprint density at radius 1 is 1.41 bits per heavy atom. The number of aliphatic hydroxyl groups excluding tert-OH is 1. The lowest BCUT2D eigenvalue weighted by Crippen LogP contribution is -2.28. The molecule has 0 aliphatic heterocycles. The minimum atomic E-state index is 0.0813. The molecule has 0 radical (unpaired) electrons. The molecule has 5 heteroatoms. The minimum Gasteiger partial charge on any atom is -0.399 e. The van der Waals surface area contributed by atoms with Crippen LogP contribution in [0.4, 0.5) is 11.4 Å². The molecule has 0 unspecified atom stereocenters. The van der Waals surface area contributed by atoms with Gasteiger partial charge in [-0.3, -0.25) is 0 Å². The summed E-state index contributed by atoms with van der Waals surface area (Å²) in [5, 5.41) is 11.9. The predicted octanol–water partition coefficient (Wildman–Crippen LogP) is 1.53. The Balaban J connectivity index is 2.73. The summed E-state index contributed by atoms with van der Waals surface area (Å²) in [7, 11) is 0. The van der Waals surface area contributed by atoms with Gasteiger partial charge in [0.2, 0.25) is 0 Å². The van der Waals surface area contributed by atoms with Gasteiger partial charge >= 0.3 is 0 Å². The van der Waals surface area contributed by atoms with Crippen molar-refractivity contribution < 1.29 is 5.11 Å². The first-order valence-electron chi connectivity index (χ1n) is 5.70. The molecule has 0 amide bonds. The summed E-state index contributed by atoms with van der Waals surface area (Å²) >= 11 is 0. The smallest absolute Gasteiger partial charge is 0.0828 e. The fraction of sp³-hybridized carbons (Fsp3) is 0.500. The van der Waals surface area contributed by atoms with E-state index in [2.05, 4.69) is 5.18 Å². The van der Waals surface area contributed by atoms with Crippen molar-refractivity contribution in [1.29, 1.82) is 0 Å². The van der Waals surface area contributed by atoms with Crippen LogP contribution in [-0.4, -0.2) is 31.3 Å². The van der Waals surface area contributed by atoms with Crippen molar-refractivity contribution in [2.75, 3.05) is 36.9 Å². The second-order valence-electron chi connectivity index (χ2n) is 3.96. The van der Waals surface area contributed by atoms with E-state index in [1.54, 1.807) is 0 Å². The molecule has 17 heavy (non-hydrogen) atoms. The molecule has 1 aromatic carbocycles. The number of hydrogen-bond acceptors (Lipinski definition) is 5. The summed E-state index contributed by atoms with van der Waals surface area (Å²) in [4.78, 5) is 12.1. The summed E-state index contributed by atoms with van der Waals surface area (Å²) in [5.41, 5.74) is 8.54. The van der Waals surface area contributed by atoms with Gasteiger partial charge in [0.1, 0.15) is 0 Å². The lowest BCUT2D eigenvalue weighted by molar-refractivity contribution is 0.301. The highest BCUT2D eigenvalue weighted by molar-refractivity contribution is 5.58. The van der Waals surface area contributed by atoms with Crippen LogP contribution in [0.3, 0.4) is 0 Å². The Morgan fingerprint density at radius 2 is 2.18 bits per heavy atom. The number of hydrogen-bond donors (Lipinski definition) is 2. The van der Waals surface area contributed by atoms with Crippen LogP contribution in [0.25, 0.3) is 0 Å². The normalized spacial score (nSPS) is 10.2. The summed E-state index contributed by atoms with van der Waals surface area (Å²) in [5.74, 6) is 0. The first-order chi connectivity index (χ1) is 8.19. The average Bonchev–Trinajstić information content (AvgIpc) is 2.32. The van der Waals surface area contributed by atoms with E-state index in [1.165, 1.54) is 0 Å². The van der Waals surface area contributed by atoms with E-state index in [-0.39, 0.29) is 6.61 Å². The van der Waals surface area contributed by atoms with Crippen LogP contribution in [0.1, 0.15) is 12.0 Å². The van der Waals surface area contributed by atoms with Crippen LogP contribution >= 0.6 is 0 Å². The van der Waals surface area contributed by atoms with Gasteiger partial charge in [0.15, 0.2) is 0 Å². The molecule has 0 bridgehead atoms. The molecule has 0 aliphatic rings. The van der Waals surface area contributed by atoms with Gasteiger partial charge in [-0.2, -0.15) is 4.91 Å². The summed E-state index contributed by atoms with van der Waals surface area (Å²) in [6, 6.07) is 5.76. The second-order valence-corrected chi connectivity index (χ2v) is 3.96. The maximum absolute atomic E-state index is 10.0. The van der Waals surface area contributed by atoms with Crippen molar-refractivity contribution in [1.82, 2.24) is 0 Å². The number of aryl methyl sites for hydroxylation is 1. The highest BCUT2D eigenvalue weighted by Gasteiger charge is 2.06. The number of nitrogens with zero attached hydrogens (tertiary/aromatic N) is 2. The van der Waals surface area contributed by atoms with Crippen LogP contribution in [0.15, 0.2) is 23.4 Å². The van der Waals surface area contributed by atoms with Crippen molar-refractivity contribution in [3.63, 3.8) is 0 Å². The molecule has 0 saturated heterocycles. The Hall–Kier alpha value is -1.62. The zero-order valence-electron chi connectivity index (χ0n) is 10.1. The zero-order valence-corrected chi connectivity index (χ0v) is 10.1. The number of rotatable bonds is 7. The van der Waals surface area contributed by atoms with Gasteiger partial charge in [0, 0.05) is 24.5 Å². The van der Waals surface area contributed by atoms with Crippen molar-refractivity contribution in [3.05, 3.63) is 28.7 Å². The number of nitrogen functional groups attached to an aromatic ring is 1. The van der Waals surface area contributed by atoms with Gasteiger partial charge in [0.25, 0.3) is 0 Å². The standard InChI is InChI=1S/C12H19N3O2/c1-10-9-11(3-4-12(10)13)15(7-8-16)6-2-5-14-17/h3-4,9,16H,2,5-8,13H2,1H3. The molecule has 0 aromatic heterocycles. The summed E-state index contributed by atoms with van der Waals surface area (Å²) in [6.45, 7) is 3.58. The van der Waals surface area contributed by atoms with Crippen molar-refractivity contribution in [2.45, 2.75) is 13.3 Å². The van der Waals surface area contributed by atoms with Crippen LogP contribution in [0.2, 0.25) is 0 Å². The molecule has 3 N–H and O–H groups in total. The van der Waals surface area contributed by atoms with Crippen LogP contribution in [-0.2, 0) is 0 Å². The third kappa shape index (κ3) is 4.03. The van der Waals surface area contributed by atoms with Crippen molar-refractivity contribution >= 4 is 11.4 Å². The fourth-order valence-corrected chi connectivity index (χ4v) is 1.67. The first-order valence-corrected chi connectivity index (χ1v) is 5.70. The molecular formula is C12H19N3O2. The molecule has 0 atom stereocenters. The maximum Gasteiger partial charge on any atom is 0.0828 e. The van der Waals surface area contributed by atoms with E-state index in [0.29, 0.717) is 26.1 Å². The Kier molecular flexibility index (Phi) is 5.42. The van der Waals surface area contributed by atoms with Crippen molar-refractivity contribution in [3.8, 4) is 0 Å². The topological polar surface area (TPSA) is 78.9 Å². The van der Waals surface area contributed by atoms with Crippen LogP contribution < -0.4 is 10.6 Å². The molecule has 5 nitrogen and oxygen atoms in total. The number of benzene rings is 1. The highest BCUT2D eigenvalue weighted by atomic mass is 16.3. The molecular weight excluding hydrogens is 218 g/mol. The quantitative estimate of drug-likeness (QED) is 0.428. The van der Waals surface area contributed by atoms with Gasteiger partial charge in [-0.1, -0.05) is 5.18 Å². The lowest BCUT2D eigenvalue weighted by atomic mass is 10.1. The van der Waals surface area contributed by atoms with Gasteiger partial charge in [-0.05, 0) is 37.1 Å². The van der Waals surface area contributed by atoms with E-state index in [9.17, 15) is 4.91 Å². The molecule has 0 spiro atoms. The van der Waals surface area contributed by atoms with Crippen molar-refractivity contribution in [2.24, 2.45) is 5.18 Å². The van der Waals surface area contributed by atoms with E-state index in [1.807, 2.05) is 30.0 Å². The molecule has 1 aromatic rings. The van der Waals surface area contributed by atoms with Gasteiger partial charge < -0.3 is 15.7 Å². The number of nitroso groups, excluding NO2 is 1.